The zero-order valence-corrected chi connectivity index (χ0v) is 17.1. The van der Waals surface area contributed by atoms with Gasteiger partial charge in [-0.25, -0.2) is 4.57 Å². The maximum atomic E-state index is 13.1. The van der Waals surface area contributed by atoms with E-state index in [2.05, 4.69) is 20.9 Å². The van der Waals surface area contributed by atoms with E-state index >= 15 is 0 Å². The number of aromatic amines is 1. The largest absolute Gasteiger partial charge is 0.493 e. The van der Waals surface area contributed by atoms with Gasteiger partial charge in [0.1, 0.15) is 0 Å². The van der Waals surface area contributed by atoms with Gasteiger partial charge in [-0.05, 0) is 42.5 Å². The molecule has 0 spiro atoms. The van der Waals surface area contributed by atoms with Crippen molar-refractivity contribution in [2.45, 2.75) is 0 Å². The maximum Gasteiger partial charge on any atom is 0.269 e. The van der Waals surface area contributed by atoms with Crippen molar-refractivity contribution in [3.63, 3.8) is 0 Å². The number of benzene rings is 2. The van der Waals surface area contributed by atoms with Gasteiger partial charge in [0, 0.05) is 10.0 Å². The van der Waals surface area contributed by atoms with E-state index in [1.54, 1.807) is 18.2 Å². The summed E-state index contributed by atoms with van der Waals surface area (Å²) in [7, 11) is 4.35. The summed E-state index contributed by atoms with van der Waals surface area (Å²) in [4.78, 5) is 28.9. The highest BCUT2D eigenvalue weighted by Gasteiger charge is 2.20. The molecule has 2 aromatic carbocycles. The zero-order chi connectivity index (χ0) is 19.7. The summed E-state index contributed by atoms with van der Waals surface area (Å²) in [6, 6.07) is 8.05. The highest BCUT2D eigenvalue weighted by atomic mass is 79.9. The lowest BCUT2D eigenvalue weighted by Crippen LogP contribution is -2.29. The third kappa shape index (κ3) is 3.35. The minimum Gasteiger partial charge on any atom is -0.493 e. The summed E-state index contributed by atoms with van der Waals surface area (Å²) in [5, 5.41) is 0.332. The highest BCUT2D eigenvalue weighted by Crippen LogP contribution is 2.38. The van der Waals surface area contributed by atoms with Crippen molar-refractivity contribution in [3.8, 4) is 17.2 Å². The van der Waals surface area contributed by atoms with Crippen molar-refractivity contribution in [1.29, 1.82) is 0 Å². The number of fused-ring (bicyclic) bond motifs is 1. The first-order chi connectivity index (χ1) is 12.9. The van der Waals surface area contributed by atoms with Crippen LogP contribution >= 0.6 is 28.1 Å². The van der Waals surface area contributed by atoms with E-state index in [1.807, 2.05) is 0 Å². The van der Waals surface area contributed by atoms with E-state index in [0.717, 1.165) is 4.57 Å². The molecule has 0 aliphatic carbocycles. The van der Waals surface area contributed by atoms with Crippen molar-refractivity contribution < 1.29 is 19.0 Å². The Labute approximate surface area is 167 Å². The molecule has 1 heterocycles. The van der Waals surface area contributed by atoms with Crippen LogP contribution in [-0.2, 0) is 0 Å². The second-order valence-electron chi connectivity index (χ2n) is 5.48. The number of ether oxygens (including phenoxy) is 3. The number of nitrogens with zero attached hydrogens (tertiary/aromatic N) is 1. The van der Waals surface area contributed by atoms with E-state index in [9.17, 15) is 9.59 Å². The van der Waals surface area contributed by atoms with E-state index in [4.69, 9.17) is 26.4 Å². The lowest BCUT2D eigenvalue weighted by Gasteiger charge is -2.14. The van der Waals surface area contributed by atoms with E-state index < -0.39 is 11.5 Å². The molecule has 0 radical (unpaired) electrons. The number of rotatable bonds is 4. The Kier molecular flexibility index (Phi) is 5.33. The number of halogens is 1. The van der Waals surface area contributed by atoms with Gasteiger partial charge >= 0.3 is 0 Å². The molecule has 27 heavy (non-hydrogen) atoms. The molecule has 1 aromatic heterocycles. The van der Waals surface area contributed by atoms with Gasteiger partial charge in [-0.2, -0.15) is 0 Å². The third-order valence-corrected chi connectivity index (χ3v) is 4.75. The Hall–Kier alpha value is -2.65. The fraction of sp³-hybridized carbons (Fsp3) is 0.167. The van der Waals surface area contributed by atoms with Gasteiger partial charge in [0.15, 0.2) is 16.3 Å². The average Bonchev–Trinajstić information content (AvgIpc) is 2.67. The molecular weight excluding hydrogens is 436 g/mol. The molecule has 140 valence electrons. The van der Waals surface area contributed by atoms with E-state index in [-0.39, 0.29) is 10.3 Å². The van der Waals surface area contributed by atoms with Crippen molar-refractivity contribution in [2.75, 3.05) is 21.3 Å². The Morgan fingerprint density at radius 3 is 2.26 bits per heavy atom. The van der Waals surface area contributed by atoms with Gasteiger partial charge in [-0.15, -0.1) is 0 Å². The molecule has 1 N–H and O–H groups in total. The second-order valence-corrected chi connectivity index (χ2v) is 6.78. The first kappa shape index (κ1) is 19.1. The molecule has 0 saturated carbocycles. The number of nitrogens with one attached hydrogen (secondary N) is 1. The minimum atomic E-state index is -0.609. The zero-order valence-electron chi connectivity index (χ0n) is 14.7. The third-order valence-electron chi connectivity index (χ3n) is 3.97. The molecule has 3 aromatic rings. The van der Waals surface area contributed by atoms with Crippen LogP contribution in [0.15, 0.2) is 39.6 Å². The van der Waals surface area contributed by atoms with Crippen LogP contribution in [0.4, 0.5) is 0 Å². The van der Waals surface area contributed by atoms with Gasteiger partial charge in [0.2, 0.25) is 5.75 Å². The molecule has 3 rings (SSSR count). The lowest BCUT2D eigenvalue weighted by atomic mass is 10.1. The van der Waals surface area contributed by atoms with Gasteiger partial charge in [0.25, 0.3) is 11.5 Å². The monoisotopic (exact) mass is 450 g/mol. The number of hydrogen-bond donors (Lipinski definition) is 1. The summed E-state index contributed by atoms with van der Waals surface area (Å²) in [6.45, 7) is 0. The van der Waals surface area contributed by atoms with Crippen LogP contribution in [-0.4, -0.2) is 36.8 Å². The fourth-order valence-electron chi connectivity index (χ4n) is 2.70. The molecule has 0 atom stereocenters. The van der Waals surface area contributed by atoms with Crippen LogP contribution in [0.1, 0.15) is 10.4 Å². The van der Waals surface area contributed by atoms with Crippen molar-refractivity contribution in [3.05, 3.63) is 55.5 Å². The molecule has 0 bridgehead atoms. The fourth-order valence-corrected chi connectivity index (χ4v) is 3.34. The van der Waals surface area contributed by atoms with Crippen LogP contribution in [0.25, 0.3) is 10.9 Å². The van der Waals surface area contributed by atoms with Crippen LogP contribution in [0.5, 0.6) is 17.2 Å². The van der Waals surface area contributed by atoms with Gasteiger partial charge < -0.3 is 19.2 Å². The standard InChI is InChI=1S/C18H15BrN2O5S/c1-24-13-6-9(7-14(25-2)15(13)26-3)16(22)21-17(23)11-8-10(19)4-5-12(11)20-18(21)27/h4-8H,1-3H3,(H,20,27). The minimum absolute atomic E-state index is 0.00595. The highest BCUT2D eigenvalue weighted by molar-refractivity contribution is 9.10. The number of H-pyrrole nitrogens is 1. The number of carbonyl (C=O) groups excluding carboxylic acids is 1. The molecule has 0 amide bonds. The molecule has 0 aliphatic heterocycles. The predicted molar refractivity (Wildman–Crippen MR) is 107 cm³/mol. The van der Waals surface area contributed by atoms with Crippen LogP contribution in [0.2, 0.25) is 0 Å². The smallest absolute Gasteiger partial charge is 0.269 e. The van der Waals surface area contributed by atoms with E-state index in [0.29, 0.717) is 32.6 Å². The Morgan fingerprint density at radius 1 is 1.07 bits per heavy atom. The topological polar surface area (TPSA) is 82.6 Å². The van der Waals surface area contributed by atoms with E-state index in [1.165, 1.54) is 33.5 Å². The number of carbonyl (C=O) groups is 1. The quantitative estimate of drug-likeness (QED) is 0.612. The number of methoxy groups -OCH3 is 3. The molecule has 7 nitrogen and oxygen atoms in total. The van der Waals surface area contributed by atoms with Crippen LogP contribution in [0.3, 0.4) is 0 Å². The summed E-state index contributed by atoms with van der Waals surface area (Å²) < 4.78 is 17.4. The van der Waals surface area contributed by atoms with Crippen molar-refractivity contribution in [1.82, 2.24) is 9.55 Å². The van der Waals surface area contributed by atoms with Gasteiger partial charge in [-0.1, -0.05) is 15.9 Å². The molecule has 0 unspecified atom stereocenters. The molecule has 0 aliphatic rings. The summed E-state index contributed by atoms with van der Waals surface area (Å²) in [6.07, 6.45) is 0. The first-order valence-electron chi connectivity index (χ1n) is 7.70. The average molecular weight is 451 g/mol. The maximum absolute atomic E-state index is 13.1. The lowest BCUT2D eigenvalue weighted by molar-refractivity contribution is 0.0953. The molecule has 9 heteroatoms. The SMILES string of the molecule is COc1cc(C(=O)n2c(=S)[nH]c3ccc(Br)cc3c2=O)cc(OC)c1OC. The summed E-state index contributed by atoms with van der Waals surface area (Å²) >= 11 is 8.56. The Morgan fingerprint density at radius 2 is 1.70 bits per heavy atom. The first-order valence-corrected chi connectivity index (χ1v) is 8.90. The number of hydrogen-bond acceptors (Lipinski definition) is 6. The van der Waals surface area contributed by atoms with Gasteiger partial charge in [0.05, 0.1) is 32.2 Å². The summed E-state index contributed by atoms with van der Waals surface area (Å²) in [5.41, 5.74) is 0.191. The number of aromatic nitrogens is 2. The molecule has 0 saturated heterocycles. The summed E-state index contributed by atoms with van der Waals surface area (Å²) in [5.74, 6) is 0.331. The predicted octanol–water partition coefficient (Wildman–Crippen LogP) is 3.54. The van der Waals surface area contributed by atoms with Gasteiger partial charge in [-0.3, -0.25) is 9.59 Å². The molecule has 0 fully saturated rings. The Bertz CT molecular complexity index is 1140. The van der Waals surface area contributed by atoms with Crippen molar-refractivity contribution >= 4 is 45.0 Å². The molecular formula is C18H15BrN2O5S. The van der Waals surface area contributed by atoms with Crippen LogP contribution in [0, 0.1) is 4.77 Å². The second kappa shape index (κ2) is 7.53. The normalized spacial score (nSPS) is 10.7. The Balaban J connectivity index is 2.25. The van der Waals surface area contributed by atoms with Crippen molar-refractivity contribution in [2.24, 2.45) is 0 Å². The van der Waals surface area contributed by atoms with Crippen LogP contribution < -0.4 is 19.8 Å².